The number of anilines is 1. The van der Waals surface area contributed by atoms with Crippen molar-refractivity contribution >= 4 is 33.5 Å². The molecule has 0 radical (unpaired) electrons. The SMILES string of the molecule is Cc1ccc(S(=O)(=O)NCC(=O)OCC(=O)Nc2ccc(C(N)=O)cc2)cc1C. The third-order valence-corrected chi connectivity index (χ3v) is 5.41. The van der Waals surface area contributed by atoms with Crippen LogP contribution in [0.5, 0.6) is 0 Å². The summed E-state index contributed by atoms with van der Waals surface area (Å²) in [4.78, 5) is 34.6. The molecule has 4 N–H and O–H groups in total. The number of hydrogen-bond acceptors (Lipinski definition) is 6. The van der Waals surface area contributed by atoms with Crippen molar-refractivity contribution in [2.75, 3.05) is 18.5 Å². The fraction of sp³-hybridized carbons (Fsp3) is 0.211. The van der Waals surface area contributed by atoms with E-state index in [9.17, 15) is 22.8 Å². The number of ether oxygens (including phenoxy) is 1. The number of hydrogen-bond donors (Lipinski definition) is 3. The molecule has 9 nitrogen and oxygen atoms in total. The average Bonchev–Trinajstić information content (AvgIpc) is 2.67. The Kier molecular flexibility index (Phi) is 7.08. The number of sulfonamides is 1. The average molecular weight is 419 g/mol. The smallest absolute Gasteiger partial charge is 0.321 e. The lowest BCUT2D eigenvalue weighted by Gasteiger charge is -2.09. The first-order chi connectivity index (χ1) is 13.6. The normalized spacial score (nSPS) is 11.0. The van der Waals surface area contributed by atoms with Crippen LogP contribution in [0.2, 0.25) is 0 Å². The number of nitrogens with two attached hydrogens (primary N) is 1. The van der Waals surface area contributed by atoms with Crippen LogP contribution in [0.25, 0.3) is 0 Å². The van der Waals surface area contributed by atoms with E-state index in [-0.39, 0.29) is 10.5 Å². The Morgan fingerprint density at radius 2 is 1.66 bits per heavy atom. The van der Waals surface area contributed by atoms with Crippen molar-refractivity contribution in [3.8, 4) is 0 Å². The summed E-state index contributed by atoms with van der Waals surface area (Å²) >= 11 is 0. The van der Waals surface area contributed by atoms with Crippen LogP contribution in [0.4, 0.5) is 5.69 Å². The maximum absolute atomic E-state index is 12.2. The van der Waals surface area contributed by atoms with E-state index in [4.69, 9.17) is 10.5 Å². The van der Waals surface area contributed by atoms with Gasteiger partial charge in [0.25, 0.3) is 5.91 Å². The molecule has 0 unspecified atom stereocenters. The minimum absolute atomic E-state index is 0.0329. The van der Waals surface area contributed by atoms with Gasteiger partial charge in [0.05, 0.1) is 4.90 Å². The summed E-state index contributed by atoms with van der Waals surface area (Å²) in [5.74, 6) is -2.13. The largest absolute Gasteiger partial charge is 0.455 e. The molecule has 154 valence electrons. The lowest BCUT2D eigenvalue weighted by atomic mass is 10.1. The van der Waals surface area contributed by atoms with E-state index in [0.717, 1.165) is 11.1 Å². The number of rotatable bonds is 8. The number of nitrogens with one attached hydrogen (secondary N) is 2. The van der Waals surface area contributed by atoms with Crippen LogP contribution >= 0.6 is 0 Å². The third kappa shape index (κ3) is 6.40. The van der Waals surface area contributed by atoms with Crippen LogP contribution < -0.4 is 15.8 Å². The molecule has 0 aliphatic carbocycles. The van der Waals surface area contributed by atoms with Crippen molar-refractivity contribution in [3.63, 3.8) is 0 Å². The molecular formula is C19H21N3O6S. The van der Waals surface area contributed by atoms with Gasteiger partial charge >= 0.3 is 5.97 Å². The van der Waals surface area contributed by atoms with Gasteiger partial charge in [-0.1, -0.05) is 6.07 Å². The summed E-state index contributed by atoms with van der Waals surface area (Å²) in [6, 6.07) is 10.4. The topological polar surface area (TPSA) is 145 Å². The standard InChI is InChI=1S/C19H21N3O6S/c1-12-3-8-16(9-13(12)2)29(26,27)21-10-18(24)28-11-17(23)22-15-6-4-14(5-7-15)19(20)25/h3-9,21H,10-11H2,1-2H3,(H2,20,25)(H,22,23). The van der Waals surface area contributed by atoms with Crippen LogP contribution in [0, 0.1) is 13.8 Å². The zero-order valence-electron chi connectivity index (χ0n) is 15.9. The molecular weight excluding hydrogens is 398 g/mol. The van der Waals surface area contributed by atoms with Crippen molar-refractivity contribution in [2.45, 2.75) is 18.7 Å². The quantitative estimate of drug-likeness (QED) is 0.541. The molecule has 2 aromatic rings. The van der Waals surface area contributed by atoms with E-state index in [1.165, 1.54) is 36.4 Å². The first kappa shape index (κ1) is 22.1. The molecule has 0 aliphatic rings. The number of carbonyl (C=O) groups excluding carboxylic acids is 3. The van der Waals surface area contributed by atoms with Crippen molar-refractivity contribution in [1.29, 1.82) is 0 Å². The zero-order chi connectivity index (χ0) is 21.6. The van der Waals surface area contributed by atoms with Gasteiger partial charge in [0.2, 0.25) is 15.9 Å². The van der Waals surface area contributed by atoms with Crippen LogP contribution in [-0.2, 0) is 24.3 Å². The second-order valence-electron chi connectivity index (χ2n) is 6.22. The third-order valence-electron chi connectivity index (χ3n) is 4.01. The lowest BCUT2D eigenvalue weighted by Crippen LogP contribution is -2.32. The van der Waals surface area contributed by atoms with Gasteiger partial charge in [0, 0.05) is 11.3 Å². The monoisotopic (exact) mass is 419 g/mol. The van der Waals surface area contributed by atoms with Gasteiger partial charge in [-0.15, -0.1) is 0 Å². The summed E-state index contributed by atoms with van der Waals surface area (Å²) in [6.07, 6.45) is 0. The predicted octanol–water partition coefficient (Wildman–Crippen LogP) is 0.863. The fourth-order valence-corrected chi connectivity index (χ4v) is 3.28. The maximum atomic E-state index is 12.2. The lowest BCUT2D eigenvalue weighted by molar-refractivity contribution is -0.146. The molecule has 2 rings (SSSR count). The predicted molar refractivity (Wildman–Crippen MR) is 106 cm³/mol. The van der Waals surface area contributed by atoms with Crippen molar-refractivity contribution in [3.05, 3.63) is 59.2 Å². The molecule has 2 aromatic carbocycles. The number of primary amides is 1. The Morgan fingerprint density at radius 3 is 2.24 bits per heavy atom. The fourth-order valence-electron chi connectivity index (χ4n) is 2.23. The number of esters is 1. The molecule has 0 aromatic heterocycles. The highest BCUT2D eigenvalue weighted by molar-refractivity contribution is 7.89. The van der Waals surface area contributed by atoms with Crippen LogP contribution in [-0.4, -0.2) is 39.4 Å². The molecule has 0 heterocycles. The molecule has 0 spiro atoms. The molecule has 0 fully saturated rings. The summed E-state index contributed by atoms with van der Waals surface area (Å²) in [5.41, 5.74) is 7.53. The summed E-state index contributed by atoms with van der Waals surface area (Å²) < 4.78 is 31.3. The van der Waals surface area contributed by atoms with E-state index in [2.05, 4.69) is 10.0 Å². The minimum atomic E-state index is -3.88. The molecule has 0 bridgehead atoms. The second kappa shape index (κ2) is 9.30. The van der Waals surface area contributed by atoms with Crippen LogP contribution in [0.15, 0.2) is 47.4 Å². The van der Waals surface area contributed by atoms with Gasteiger partial charge in [-0.25, -0.2) is 8.42 Å². The molecule has 10 heteroatoms. The van der Waals surface area contributed by atoms with E-state index in [0.29, 0.717) is 5.69 Å². The summed E-state index contributed by atoms with van der Waals surface area (Å²) in [6.45, 7) is 2.42. The number of amides is 2. The second-order valence-corrected chi connectivity index (χ2v) is 7.99. The summed E-state index contributed by atoms with van der Waals surface area (Å²) in [7, 11) is -3.88. The van der Waals surface area contributed by atoms with Gasteiger partial charge in [-0.05, 0) is 61.4 Å². The Bertz CT molecular complexity index is 1030. The van der Waals surface area contributed by atoms with Gasteiger partial charge < -0.3 is 15.8 Å². The van der Waals surface area contributed by atoms with Gasteiger partial charge in [0.1, 0.15) is 6.54 Å². The highest BCUT2D eigenvalue weighted by atomic mass is 32.2. The molecule has 0 saturated carbocycles. The van der Waals surface area contributed by atoms with Gasteiger partial charge in [-0.3, -0.25) is 14.4 Å². The van der Waals surface area contributed by atoms with Crippen molar-refractivity contribution < 1.29 is 27.5 Å². The van der Waals surface area contributed by atoms with E-state index in [1.807, 2.05) is 6.92 Å². The molecule has 0 atom stereocenters. The Hall–Kier alpha value is -3.24. The Balaban J connectivity index is 1.82. The maximum Gasteiger partial charge on any atom is 0.321 e. The Morgan fingerprint density at radius 1 is 1.00 bits per heavy atom. The van der Waals surface area contributed by atoms with Crippen LogP contribution in [0.3, 0.4) is 0 Å². The first-order valence-corrected chi connectivity index (χ1v) is 9.99. The summed E-state index contributed by atoms with van der Waals surface area (Å²) in [5, 5.41) is 2.47. The van der Waals surface area contributed by atoms with Gasteiger partial charge in [0.15, 0.2) is 6.61 Å². The minimum Gasteiger partial charge on any atom is -0.455 e. The van der Waals surface area contributed by atoms with Crippen molar-refractivity contribution in [1.82, 2.24) is 4.72 Å². The van der Waals surface area contributed by atoms with E-state index >= 15 is 0 Å². The molecule has 0 saturated heterocycles. The van der Waals surface area contributed by atoms with Crippen LogP contribution in [0.1, 0.15) is 21.5 Å². The van der Waals surface area contributed by atoms with Gasteiger partial charge in [-0.2, -0.15) is 4.72 Å². The van der Waals surface area contributed by atoms with Crippen molar-refractivity contribution in [2.24, 2.45) is 5.73 Å². The highest BCUT2D eigenvalue weighted by Gasteiger charge is 2.17. The van der Waals surface area contributed by atoms with E-state index < -0.39 is 41.0 Å². The number of carbonyl (C=O) groups is 3. The Labute approximate surface area is 168 Å². The number of aryl methyl sites for hydroxylation is 2. The number of benzene rings is 2. The molecule has 2 amide bonds. The first-order valence-electron chi connectivity index (χ1n) is 8.51. The molecule has 0 aliphatic heterocycles. The molecule has 29 heavy (non-hydrogen) atoms. The zero-order valence-corrected chi connectivity index (χ0v) is 16.7. The van der Waals surface area contributed by atoms with E-state index in [1.54, 1.807) is 13.0 Å². The highest BCUT2D eigenvalue weighted by Crippen LogP contribution is 2.14.